The Hall–Kier alpha value is -1.94. The molecule has 140 valence electrons. The van der Waals surface area contributed by atoms with E-state index < -0.39 is 10.0 Å². The molecule has 0 unspecified atom stereocenters. The monoisotopic (exact) mass is 396 g/mol. The number of thiophene rings is 1. The molecule has 26 heavy (non-hydrogen) atoms. The number of hydrogen-bond donors (Lipinski definition) is 2. The number of rotatable bonds is 6. The minimum atomic E-state index is -3.41. The molecule has 3 rings (SSSR count). The van der Waals surface area contributed by atoms with Crippen molar-refractivity contribution in [1.82, 2.24) is 4.31 Å². The second-order valence-corrected chi connectivity index (χ2v) is 9.12. The van der Waals surface area contributed by atoms with E-state index in [-0.39, 0.29) is 5.91 Å². The lowest BCUT2D eigenvalue weighted by Crippen LogP contribution is -3.15. The van der Waals surface area contributed by atoms with Gasteiger partial charge in [-0.25, -0.2) is 8.42 Å². The summed E-state index contributed by atoms with van der Waals surface area (Å²) in [6.07, 6.45) is 0. The van der Waals surface area contributed by atoms with Crippen LogP contribution >= 0.6 is 11.3 Å². The molecular formula is C17H22N3O4S2+. The van der Waals surface area contributed by atoms with E-state index in [0.29, 0.717) is 48.4 Å². The lowest BCUT2D eigenvalue weighted by Gasteiger charge is -2.30. The first-order valence-electron chi connectivity index (χ1n) is 8.31. The smallest absolute Gasteiger partial charge is 0.279 e. The Morgan fingerprint density at radius 1 is 1.23 bits per heavy atom. The molecule has 1 aromatic carbocycles. The predicted octanol–water partition coefficient (Wildman–Crippen LogP) is 0.285. The molecule has 1 amide bonds. The zero-order valence-electron chi connectivity index (χ0n) is 14.5. The van der Waals surface area contributed by atoms with E-state index >= 15 is 0 Å². The van der Waals surface area contributed by atoms with Crippen LogP contribution in [0.15, 0.2) is 46.0 Å². The third-order valence-corrected chi connectivity index (χ3v) is 7.58. The van der Waals surface area contributed by atoms with E-state index in [2.05, 4.69) is 5.32 Å². The summed E-state index contributed by atoms with van der Waals surface area (Å²) in [6, 6.07) is 10.6. The normalized spacial score (nSPS) is 16.3. The van der Waals surface area contributed by atoms with Crippen molar-refractivity contribution in [3.05, 3.63) is 41.8 Å². The summed E-state index contributed by atoms with van der Waals surface area (Å²) in [5.41, 5.74) is 0.637. The predicted molar refractivity (Wildman–Crippen MR) is 100 cm³/mol. The van der Waals surface area contributed by atoms with Crippen molar-refractivity contribution < 1.29 is 22.8 Å². The molecule has 1 aliphatic heterocycles. The highest BCUT2D eigenvalue weighted by molar-refractivity contribution is 7.91. The van der Waals surface area contributed by atoms with Crippen LogP contribution in [0.2, 0.25) is 0 Å². The topological polar surface area (TPSA) is 80.2 Å². The molecule has 0 spiro atoms. The molecule has 0 bridgehead atoms. The number of carbonyl (C=O) groups is 1. The van der Waals surface area contributed by atoms with Crippen LogP contribution in [-0.4, -0.2) is 58.5 Å². The number of hydrogen-bond acceptors (Lipinski definition) is 5. The number of amides is 1. The number of para-hydroxylation sites is 2. The van der Waals surface area contributed by atoms with Gasteiger partial charge in [0.25, 0.3) is 15.9 Å². The van der Waals surface area contributed by atoms with Gasteiger partial charge in [0.05, 0.1) is 39.0 Å². The summed E-state index contributed by atoms with van der Waals surface area (Å²) in [4.78, 5) is 13.4. The minimum Gasteiger partial charge on any atom is -0.495 e. The first-order chi connectivity index (χ1) is 12.5. The number of sulfonamides is 1. The Bertz CT molecular complexity index is 845. The van der Waals surface area contributed by atoms with E-state index in [1.54, 1.807) is 36.8 Å². The third kappa shape index (κ3) is 4.24. The number of nitrogens with zero attached hydrogens (tertiary/aromatic N) is 1. The molecule has 1 aliphatic rings. The summed E-state index contributed by atoms with van der Waals surface area (Å²) >= 11 is 1.23. The zero-order chi connectivity index (χ0) is 18.6. The fraction of sp³-hybridized carbons (Fsp3) is 0.353. The van der Waals surface area contributed by atoms with Gasteiger partial charge in [-0.3, -0.25) is 4.79 Å². The van der Waals surface area contributed by atoms with E-state index in [1.165, 1.54) is 15.6 Å². The molecule has 0 atom stereocenters. The second kappa shape index (κ2) is 8.17. The molecule has 7 nitrogen and oxygen atoms in total. The van der Waals surface area contributed by atoms with Crippen molar-refractivity contribution in [3.8, 4) is 5.75 Å². The van der Waals surface area contributed by atoms with Gasteiger partial charge < -0.3 is 15.0 Å². The molecule has 1 saturated heterocycles. The van der Waals surface area contributed by atoms with Crippen LogP contribution in [0, 0.1) is 0 Å². The van der Waals surface area contributed by atoms with Crippen LogP contribution in [0.3, 0.4) is 0 Å². The van der Waals surface area contributed by atoms with E-state index in [4.69, 9.17) is 4.74 Å². The molecule has 0 radical (unpaired) electrons. The Kier molecular flexibility index (Phi) is 5.92. The van der Waals surface area contributed by atoms with E-state index in [0.717, 1.165) is 4.90 Å². The summed E-state index contributed by atoms with van der Waals surface area (Å²) in [5.74, 6) is 0.502. The summed E-state index contributed by atoms with van der Waals surface area (Å²) in [5, 5.41) is 4.62. The summed E-state index contributed by atoms with van der Waals surface area (Å²) in [6.45, 7) is 2.33. The molecule has 0 aliphatic carbocycles. The highest BCUT2D eigenvalue weighted by atomic mass is 32.2. The van der Waals surface area contributed by atoms with Gasteiger partial charge in [-0.1, -0.05) is 18.2 Å². The molecule has 1 fully saturated rings. The Morgan fingerprint density at radius 3 is 2.62 bits per heavy atom. The quantitative estimate of drug-likeness (QED) is 0.735. The first-order valence-corrected chi connectivity index (χ1v) is 10.6. The highest BCUT2D eigenvalue weighted by Crippen LogP contribution is 2.23. The zero-order valence-corrected chi connectivity index (χ0v) is 16.1. The fourth-order valence-corrected chi connectivity index (χ4v) is 5.51. The van der Waals surface area contributed by atoms with Crippen LogP contribution in [0.5, 0.6) is 5.75 Å². The SMILES string of the molecule is COc1ccccc1NC(=O)C[NH+]1CCN(S(=O)(=O)c2cccs2)CC1. The van der Waals surface area contributed by atoms with Gasteiger partial charge in [0.15, 0.2) is 6.54 Å². The molecule has 2 aromatic rings. The van der Waals surface area contributed by atoms with Crippen molar-refractivity contribution >= 4 is 33.0 Å². The number of benzene rings is 1. The van der Waals surface area contributed by atoms with Gasteiger partial charge in [-0.2, -0.15) is 4.31 Å². The van der Waals surface area contributed by atoms with Crippen LogP contribution in [0.25, 0.3) is 0 Å². The Labute approximate surface area is 157 Å². The van der Waals surface area contributed by atoms with Crippen molar-refractivity contribution in [2.45, 2.75) is 4.21 Å². The van der Waals surface area contributed by atoms with Gasteiger partial charge in [0, 0.05) is 0 Å². The molecule has 2 heterocycles. The molecule has 1 aromatic heterocycles. The number of carbonyl (C=O) groups excluding carboxylic acids is 1. The maximum absolute atomic E-state index is 12.5. The molecule has 9 heteroatoms. The maximum Gasteiger partial charge on any atom is 0.279 e. The van der Waals surface area contributed by atoms with Gasteiger partial charge >= 0.3 is 0 Å². The number of quaternary nitrogens is 1. The van der Waals surface area contributed by atoms with E-state index in [1.807, 2.05) is 12.1 Å². The highest BCUT2D eigenvalue weighted by Gasteiger charge is 2.31. The second-order valence-electron chi connectivity index (χ2n) is 6.01. The van der Waals surface area contributed by atoms with Crippen molar-refractivity contribution in [1.29, 1.82) is 0 Å². The largest absolute Gasteiger partial charge is 0.495 e. The van der Waals surface area contributed by atoms with E-state index in [9.17, 15) is 13.2 Å². The Balaban J connectivity index is 1.53. The third-order valence-electron chi connectivity index (χ3n) is 4.31. The molecular weight excluding hydrogens is 374 g/mol. The van der Waals surface area contributed by atoms with Gasteiger partial charge in [-0.05, 0) is 23.6 Å². The van der Waals surface area contributed by atoms with Crippen molar-refractivity contribution in [3.63, 3.8) is 0 Å². The van der Waals surface area contributed by atoms with Crippen molar-refractivity contribution in [2.24, 2.45) is 0 Å². The number of piperazine rings is 1. The molecule has 0 saturated carbocycles. The summed E-state index contributed by atoms with van der Waals surface area (Å²) in [7, 11) is -1.85. The number of anilines is 1. The van der Waals surface area contributed by atoms with Gasteiger partial charge in [0.1, 0.15) is 9.96 Å². The maximum atomic E-state index is 12.5. The number of methoxy groups -OCH3 is 1. The van der Waals surface area contributed by atoms with Crippen LogP contribution in [-0.2, 0) is 14.8 Å². The average molecular weight is 397 g/mol. The summed E-state index contributed by atoms with van der Waals surface area (Å²) < 4.78 is 32.1. The van der Waals surface area contributed by atoms with Crippen LogP contribution < -0.4 is 15.0 Å². The lowest BCUT2D eigenvalue weighted by molar-refractivity contribution is -0.895. The minimum absolute atomic E-state index is 0.112. The van der Waals surface area contributed by atoms with Gasteiger partial charge in [0.2, 0.25) is 0 Å². The number of ether oxygens (including phenoxy) is 1. The lowest BCUT2D eigenvalue weighted by atomic mass is 10.3. The number of nitrogens with one attached hydrogen (secondary N) is 2. The van der Waals surface area contributed by atoms with Crippen LogP contribution in [0.4, 0.5) is 5.69 Å². The first kappa shape index (κ1) is 18.8. The fourth-order valence-electron chi connectivity index (χ4n) is 2.93. The standard InChI is InChI=1S/C17H21N3O4S2/c1-24-15-6-3-2-5-14(15)18-16(21)13-19-8-10-20(11-9-19)26(22,23)17-7-4-12-25-17/h2-7,12H,8-11,13H2,1H3,(H,18,21)/p+1. The molecule has 2 N–H and O–H groups in total. The van der Waals surface area contributed by atoms with Crippen LogP contribution in [0.1, 0.15) is 0 Å². The average Bonchev–Trinajstić information content (AvgIpc) is 3.18. The van der Waals surface area contributed by atoms with Gasteiger partial charge in [-0.15, -0.1) is 11.3 Å². The Morgan fingerprint density at radius 2 is 1.96 bits per heavy atom. The van der Waals surface area contributed by atoms with Crippen molar-refractivity contribution in [2.75, 3.05) is 45.2 Å².